The molecule has 0 aromatic rings. The Hall–Kier alpha value is -0.120. The van der Waals surface area contributed by atoms with Crippen molar-refractivity contribution in [1.82, 2.24) is 0 Å². The van der Waals surface area contributed by atoms with Crippen LogP contribution in [0.5, 0.6) is 0 Å². The largest absolute Gasteiger partial charge is 0.367 e. The first kappa shape index (κ1) is 8.97. The minimum atomic E-state index is -0.110. The second-order valence-electron chi connectivity index (χ2n) is 3.07. The van der Waals surface area contributed by atoms with E-state index in [0.717, 1.165) is 6.61 Å². The number of hydrogen-bond donors (Lipinski definition) is 0. The molecule has 1 aliphatic heterocycles. The van der Waals surface area contributed by atoms with E-state index in [1.54, 1.807) is 0 Å². The minimum absolute atomic E-state index is 0.0225. The van der Waals surface area contributed by atoms with E-state index in [4.69, 9.17) is 14.2 Å². The standard InChI is InChI=1S/C8H16O3/c1-4-9-7(2)10-5-8(3)6-11-8/h7H,4-6H2,1-3H3/t7-,8?/m1/s1. The van der Waals surface area contributed by atoms with Crippen molar-refractivity contribution in [1.29, 1.82) is 0 Å². The third-order valence-corrected chi connectivity index (χ3v) is 1.66. The lowest BCUT2D eigenvalue weighted by Crippen LogP contribution is -2.21. The first-order valence-corrected chi connectivity index (χ1v) is 4.03. The molecule has 0 amide bonds. The average Bonchev–Trinajstić information content (AvgIpc) is 2.66. The first-order chi connectivity index (χ1) is 5.16. The first-order valence-electron chi connectivity index (χ1n) is 4.03. The molecule has 3 heteroatoms. The highest BCUT2D eigenvalue weighted by Gasteiger charge is 2.39. The predicted octanol–water partition coefficient (Wildman–Crippen LogP) is 1.17. The quantitative estimate of drug-likeness (QED) is 0.447. The highest BCUT2D eigenvalue weighted by atomic mass is 16.7. The van der Waals surface area contributed by atoms with Crippen LogP contribution in [-0.2, 0) is 14.2 Å². The third-order valence-electron chi connectivity index (χ3n) is 1.66. The van der Waals surface area contributed by atoms with Gasteiger partial charge < -0.3 is 14.2 Å². The summed E-state index contributed by atoms with van der Waals surface area (Å²) in [5.74, 6) is 0. The zero-order valence-corrected chi connectivity index (χ0v) is 7.42. The van der Waals surface area contributed by atoms with Gasteiger partial charge in [-0.1, -0.05) is 0 Å². The second kappa shape index (κ2) is 3.52. The lowest BCUT2D eigenvalue weighted by atomic mass is 10.2. The average molecular weight is 160 g/mol. The Bertz CT molecular complexity index is 121. The van der Waals surface area contributed by atoms with Crippen LogP contribution in [0, 0.1) is 0 Å². The van der Waals surface area contributed by atoms with Crippen molar-refractivity contribution in [2.75, 3.05) is 19.8 Å². The Kier molecular flexibility index (Phi) is 2.87. The molecule has 0 spiro atoms. The normalized spacial score (nSPS) is 31.9. The molecule has 11 heavy (non-hydrogen) atoms. The van der Waals surface area contributed by atoms with Crippen LogP contribution in [0.25, 0.3) is 0 Å². The Balaban J connectivity index is 2.01. The van der Waals surface area contributed by atoms with Crippen LogP contribution in [0.15, 0.2) is 0 Å². The van der Waals surface area contributed by atoms with Gasteiger partial charge in [-0.15, -0.1) is 0 Å². The van der Waals surface area contributed by atoms with Crippen molar-refractivity contribution < 1.29 is 14.2 Å². The molecule has 0 bridgehead atoms. The van der Waals surface area contributed by atoms with E-state index in [1.807, 2.05) is 20.8 Å². The number of hydrogen-bond acceptors (Lipinski definition) is 3. The van der Waals surface area contributed by atoms with Crippen LogP contribution < -0.4 is 0 Å². The summed E-state index contributed by atoms with van der Waals surface area (Å²) in [5, 5.41) is 0. The molecule has 0 N–H and O–H groups in total. The van der Waals surface area contributed by atoms with Crippen molar-refractivity contribution in [3.63, 3.8) is 0 Å². The molecule has 0 aromatic heterocycles. The van der Waals surface area contributed by atoms with Crippen molar-refractivity contribution in [3.8, 4) is 0 Å². The fourth-order valence-electron chi connectivity index (χ4n) is 0.783. The third kappa shape index (κ3) is 3.18. The number of epoxide rings is 1. The number of rotatable bonds is 5. The zero-order chi connectivity index (χ0) is 8.32. The summed E-state index contributed by atoms with van der Waals surface area (Å²) in [6.07, 6.45) is -0.110. The van der Waals surface area contributed by atoms with Gasteiger partial charge in [0.25, 0.3) is 0 Å². The van der Waals surface area contributed by atoms with Gasteiger partial charge in [-0.25, -0.2) is 0 Å². The fourth-order valence-corrected chi connectivity index (χ4v) is 0.783. The van der Waals surface area contributed by atoms with Crippen molar-refractivity contribution >= 4 is 0 Å². The minimum Gasteiger partial charge on any atom is -0.367 e. The Labute approximate surface area is 67.6 Å². The Morgan fingerprint density at radius 2 is 2.18 bits per heavy atom. The van der Waals surface area contributed by atoms with Crippen LogP contribution in [-0.4, -0.2) is 31.7 Å². The SMILES string of the molecule is CCO[C@@H](C)OCC1(C)CO1. The lowest BCUT2D eigenvalue weighted by Gasteiger charge is -2.13. The molecule has 1 fully saturated rings. The van der Waals surface area contributed by atoms with Crippen molar-refractivity contribution in [2.45, 2.75) is 32.7 Å². The van der Waals surface area contributed by atoms with Crippen molar-refractivity contribution in [3.05, 3.63) is 0 Å². The molecule has 1 heterocycles. The molecule has 1 aliphatic rings. The van der Waals surface area contributed by atoms with E-state index < -0.39 is 0 Å². The second-order valence-corrected chi connectivity index (χ2v) is 3.07. The molecule has 2 atom stereocenters. The van der Waals surface area contributed by atoms with Gasteiger partial charge in [0.15, 0.2) is 6.29 Å². The summed E-state index contributed by atoms with van der Waals surface area (Å²) in [6, 6.07) is 0. The van der Waals surface area contributed by atoms with Gasteiger partial charge in [0.1, 0.15) is 5.60 Å². The monoisotopic (exact) mass is 160 g/mol. The Morgan fingerprint density at radius 3 is 2.64 bits per heavy atom. The van der Waals surface area contributed by atoms with E-state index in [-0.39, 0.29) is 11.9 Å². The van der Waals surface area contributed by atoms with Gasteiger partial charge in [0.2, 0.25) is 0 Å². The van der Waals surface area contributed by atoms with Crippen LogP contribution in [0.3, 0.4) is 0 Å². The molecule has 3 nitrogen and oxygen atoms in total. The highest BCUT2D eigenvalue weighted by Crippen LogP contribution is 2.26. The molecule has 0 aromatic carbocycles. The number of ether oxygens (including phenoxy) is 3. The summed E-state index contributed by atoms with van der Waals surface area (Å²) in [4.78, 5) is 0. The van der Waals surface area contributed by atoms with Crippen LogP contribution in [0.4, 0.5) is 0 Å². The topological polar surface area (TPSA) is 31.0 Å². The molecule has 0 aliphatic carbocycles. The van der Waals surface area contributed by atoms with E-state index in [9.17, 15) is 0 Å². The highest BCUT2D eigenvalue weighted by molar-refractivity contribution is 4.86. The molecule has 1 rings (SSSR count). The van der Waals surface area contributed by atoms with Gasteiger partial charge in [-0.2, -0.15) is 0 Å². The lowest BCUT2D eigenvalue weighted by molar-refractivity contribution is -0.136. The Morgan fingerprint density at radius 1 is 1.55 bits per heavy atom. The summed E-state index contributed by atoms with van der Waals surface area (Å²) in [6.45, 7) is 8.02. The van der Waals surface area contributed by atoms with Gasteiger partial charge >= 0.3 is 0 Å². The van der Waals surface area contributed by atoms with Crippen LogP contribution in [0.2, 0.25) is 0 Å². The molecule has 0 saturated carbocycles. The summed E-state index contributed by atoms with van der Waals surface area (Å²) in [5.41, 5.74) is -0.0225. The molecule has 1 unspecified atom stereocenters. The van der Waals surface area contributed by atoms with E-state index >= 15 is 0 Å². The van der Waals surface area contributed by atoms with E-state index in [1.165, 1.54) is 0 Å². The zero-order valence-electron chi connectivity index (χ0n) is 7.42. The maximum atomic E-state index is 5.36. The van der Waals surface area contributed by atoms with Crippen LogP contribution >= 0.6 is 0 Å². The fraction of sp³-hybridized carbons (Fsp3) is 1.00. The molecule has 0 radical (unpaired) electrons. The summed E-state index contributed by atoms with van der Waals surface area (Å²) >= 11 is 0. The molecular weight excluding hydrogens is 144 g/mol. The molecule has 1 saturated heterocycles. The van der Waals surface area contributed by atoms with Gasteiger partial charge in [-0.3, -0.25) is 0 Å². The predicted molar refractivity (Wildman–Crippen MR) is 41.4 cm³/mol. The van der Waals surface area contributed by atoms with Gasteiger partial charge in [-0.05, 0) is 20.8 Å². The maximum absolute atomic E-state index is 5.36. The van der Waals surface area contributed by atoms with E-state index in [0.29, 0.717) is 13.2 Å². The van der Waals surface area contributed by atoms with Gasteiger partial charge in [0, 0.05) is 6.61 Å². The summed E-state index contributed by atoms with van der Waals surface area (Å²) < 4.78 is 15.7. The van der Waals surface area contributed by atoms with E-state index in [2.05, 4.69) is 0 Å². The maximum Gasteiger partial charge on any atom is 0.154 e. The smallest absolute Gasteiger partial charge is 0.154 e. The molecular formula is C8H16O3. The van der Waals surface area contributed by atoms with Gasteiger partial charge in [0.05, 0.1) is 13.2 Å². The van der Waals surface area contributed by atoms with Crippen molar-refractivity contribution in [2.24, 2.45) is 0 Å². The molecule has 66 valence electrons. The van der Waals surface area contributed by atoms with Crippen LogP contribution in [0.1, 0.15) is 20.8 Å². The summed E-state index contributed by atoms with van der Waals surface area (Å²) in [7, 11) is 0.